The van der Waals surface area contributed by atoms with Crippen LogP contribution in [0.25, 0.3) is 0 Å². The van der Waals surface area contributed by atoms with Gasteiger partial charge in [-0.2, -0.15) is 5.10 Å². The highest BCUT2D eigenvalue weighted by Gasteiger charge is 2.02. The summed E-state index contributed by atoms with van der Waals surface area (Å²) in [7, 11) is 0. The number of aryl methyl sites for hydroxylation is 2. The van der Waals surface area contributed by atoms with E-state index in [9.17, 15) is 0 Å². The standard InChI is InChI=1S/C10H13N5/c1-7-3-12-10(13-4-7)6-15-5-9(11)8(2)14-15/h3-5H,6,11H2,1-2H3. The van der Waals surface area contributed by atoms with Gasteiger partial charge in [-0.3, -0.25) is 4.68 Å². The summed E-state index contributed by atoms with van der Waals surface area (Å²) >= 11 is 0. The highest BCUT2D eigenvalue weighted by atomic mass is 15.3. The van der Waals surface area contributed by atoms with Crippen LogP contribution in [0, 0.1) is 13.8 Å². The third kappa shape index (κ3) is 2.12. The monoisotopic (exact) mass is 203 g/mol. The van der Waals surface area contributed by atoms with Crippen molar-refractivity contribution >= 4 is 5.69 Å². The van der Waals surface area contributed by atoms with Crippen LogP contribution in [0.3, 0.4) is 0 Å². The molecule has 0 saturated carbocycles. The normalized spacial score (nSPS) is 10.5. The molecule has 0 aliphatic heterocycles. The predicted octanol–water partition coefficient (Wildman–Crippen LogP) is 0.920. The zero-order chi connectivity index (χ0) is 10.8. The van der Waals surface area contributed by atoms with Gasteiger partial charge in [-0.15, -0.1) is 0 Å². The first-order valence-electron chi connectivity index (χ1n) is 4.72. The summed E-state index contributed by atoms with van der Waals surface area (Å²) in [5.41, 5.74) is 8.28. The molecule has 2 aromatic rings. The summed E-state index contributed by atoms with van der Waals surface area (Å²) in [6.45, 7) is 4.39. The van der Waals surface area contributed by atoms with Gasteiger partial charge in [-0.05, 0) is 19.4 Å². The van der Waals surface area contributed by atoms with Gasteiger partial charge in [0.1, 0.15) is 12.4 Å². The molecule has 2 N–H and O–H groups in total. The molecule has 0 spiro atoms. The molecule has 0 unspecified atom stereocenters. The SMILES string of the molecule is Cc1cnc(Cn2cc(N)c(C)n2)nc1. The van der Waals surface area contributed by atoms with E-state index in [2.05, 4.69) is 15.1 Å². The van der Waals surface area contributed by atoms with E-state index in [-0.39, 0.29) is 0 Å². The van der Waals surface area contributed by atoms with Crippen molar-refractivity contribution in [2.24, 2.45) is 0 Å². The lowest BCUT2D eigenvalue weighted by Crippen LogP contribution is -2.04. The van der Waals surface area contributed by atoms with Crippen molar-refractivity contribution in [1.82, 2.24) is 19.7 Å². The molecule has 0 aliphatic rings. The van der Waals surface area contributed by atoms with E-state index in [0.717, 1.165) is 17.1 Å². The Morgan fingerprint density at radius 3 is 2.47 bits per heavy atom. The topological polar surface area (TPSA) is 69.6 Å². The quantitative estimate of drug-likeness (QED) is 0.788. The van der Waals surface area contributed by atoms with Crippen molar-refractivity contribution in [1.29, 1.82) is 0 Å². The Bertz CT molecular complexity index is 438. The first-order valence-corrected chi connectivity index (χ1v) is 4.72. The molecule has 15 heavy (non-hydrogen) atoms. The largest absolute Gasteiger partial charge is 0.396 e. The summed E-state index contributed by atoms with van der Waals surface area (Å²) < 4.78 is 1.75. The maximum absolute atomic E-state index is 5.69. The fraction of sp³-hybridized carbons (Fsp3) is 0.300. The summed E-state index contributed by atoms with van der Waals surface area (Å²) in [4.78, 5) is 8.40. The molecule has 0 fully saturated rings. The van der Waals surface area contributed by atoms with Gasteiger partial charge < -0.3 is 5.73 Å². The highest BCUT2D eigenvalue weighted by Crippen LogP contribution is 2.07. The summed E-state index contributed by atoms with van der Waals surface area (Å²) in [5.74, 6) is 0.739. The third-order valence-corrected chi connectivity index (χ3v) is 2.12. The molecular formula is C10H13N5. The van der Waals surface area contributed by atoms with Gasteiger partial charge >= 0.3 is 0 Å². The fourth-order valence-corrected chi connectivity index (χ4v) is 1.26. The Kier molecular flexibility index (Phi) is 2.37. The Balaban J connectivity index is 2.18. The lowest BCUT2D eigenvalue weighted by atomic mass is 10.4. The van der Waals surface area contributed by atoms with Gasteiger partial charge in [-0.1, -0.05) is 0 Å². The first kappa shape index (κ1) is 9.64. The van der Waals surface area contributed by atoms with Crippen LogP contribution in [0.15, 0.2) is 18.6 Å². The van der Waals surface area contributed by atoms with Crippen molar-refractivity contribution in [3.8, 4) is 0 Å². The number of aromatic nitrogens is 4. The van der Waals surface area contributed by atoms with Crippen LogP contribution in [0.5, 0.6) is 0 Å². The van der Waals surface area contributed by atoms with Crippen molar-refractivity contribution < 1.29 is 0 Å². The second-order valence-corrected chi connectivity index (χ2v) is 3.54. The Hall–Kier alpha value is -1.91. The zero-order valence-electron chi connectivity index (χ0n) is 8.81. The van der Waals surface area contributed by atoms with Crippen molar-refractivity contribution in [3.05, 3.63) is 35.7 Å². The zero-order valence-corrected chi connectivity index (χ0v) is 8.81. The molecule has 0 radical (unpaired) electrons. The van der Waals surface area contributed by atoms with Crippen LogP contribution in [0.4, 0.5) is 5.69 Å². The Morgan fingerprint density at radius 1 is 1.27 bits per heavy atom. The number of anilines is 1. The van der Waals surface area contributed by atoms with Crippen LogP contribution in [0.1, 0.15) is 17.1 Å². The van der Waals surface area contributed by atoms with Gasteiger partial charge in [0.05, 0.1) is 11.4 Å². The molecule has 0 aliphatic carbocycles. The van der Waals surface area contributed by atoms with E-state index in [1.54, 1.807) is 23.3 Å². The minimum atomic E-state index is 0.554. The van der Waals surface area contributed by atoms with E-state index < -0.39 is 0 Å². The molecule has 0 bridgehead atoms. The van der Waals surface area contributed by atoms with Crippen LogP contribution in [0.2, 0.25) is 0 Å². The average Bonchev–Trinajstić information content (AvgIpc) is 2.50. The van der Waals surface area contributed by atoms with Crippen molar-refractivity contribution in [3.63, 3.8) is 0 Å². The second kappa shape index (κ2) is 3.68. The van der Waals surface area contributed by atoms with Crippen LogP contribution < -0.4 is 5.73 Å². The van der Waals surface area contributed by atoms with Crippen LogP contribution in [-0.2, 0) is 6.54 Å². The summed E-state index contributed by atoms with van der Waals surface area (Å²) in [6.07, 6.45) is 5.38. The number of hydrogen-bond donors (Lipinski definition) is 1. The van der Waals surface area contributed by atoms with E-state index in [4.69, 9.17) is 5.73 Å². The molecule has 2 aromatic heterocycles. The number of rotatable bonds is 2. The maximum atomic E-state index is 5.69. The minimum Gasteiger partial charge on any atom is -0.396 e. The van der Waals surface area contributed by atoms with E-state index >= 15 is 0 Å². The molecule has 5 heteroatoms. The lowest BCUT2D eigenvalue weighted by molar-refractivity contribution is 0.648. The summed E-state index contributed by atoms with van der Waals surface area (Å²) in [5, 5.41) is 4.24. The maximum Gasteiger partial charge on any atom is 0.149 e. The molecule has 78 valence electrons. The van der Waals surface area contributed by atoms with E-state index in [1.807, 2.05) is 13.8 Å². The van der Waals surface area contributed by atoms with Crippen molar-refractivity contribution in [2.75, 3.05) is 5.73 Å². The van der Waals surface area contributed by atoms with E-state index in [0.29, 0.717) is 12.2 Å². The molecule has 0 atom stereocenters. The molecule has 0 aromatic carbocycles. The molecule has 2 heterocycles. The average molecular weight is 203 g/mol. The molecular weight excluding hydrogens is 190 g/mol. The van der Waals surface area contributed by atoms with Crippen LogP contribution >= 0.6 is 0 Å². The first-order chi connectivity index (χ1) is 7.15. The minimum absolute atomic E-state index is 0.554. The Labute approximate surface area is 88.0 Å². The molecule has 5 nitrogen and oxygen atoms in total. The lowest BCUT2D eigenvalue weighted by Gasteiger charge is -1.99. The number of nitrogen functional groups attached to an aromatic ring is 1. The predicted molar refractivity (Wildman–Crippen MR) is 57.2 cm³/mol. The van der Waals surface area contributed by atoms with Gasteiger partial charge in [0.15, 0.2) is 0 Å². The fourth-order valence-electron chi connectivity index (χ4n) is 1.26. The highest BCUT2D eigenvalue weighted by molar-refractivity contribution is 5.39. The van der Waals surface area contributed by atoms with Gasteiger partial charge in [0, 0.05) is 18.6 Å². The van der Waals surface area contributed by atoms with Crippen LogP contribution in [-0.4, -0.2) is 19.7 Å². The van der Waals surface area contributed by atoms with E-state index in [1.165, 1.54) is 0 Å². The smallest absolute Gasteiger partial charge is 0.149 e. The molecule has 0 saturated heterocycles. The Morgan fingerprint density at radius 2 is 1.93 bits per heavy atom. The number of nitrogens with two attached hydrogens (primary N) is 1. The van der Waals surface area contributed by atoms with Crippen molar-refractivity contribution in [2.45, 2.75) is 20.4 Å². The molecule has 0 amide bonds. The number of nitrogens with zero attached hydrogens (tertiary/aromatic N) is 4. The number of hydrogen-bond acceptors (Lipinski definition) is 4. The molecule has 2 rings (SSSR count). The van der Waals surface area contributed by atoms with Gasteiger partial charge in [-0.25, -0.2) is 9.97 Å². The van der Waals surface area contributed by atoms with Gasteiger partial charge in [0.25, 0.3) is 0 Å². The third-order valence-electron chi connectivity index (χ3n) is 2.12. The second-order valence-electron chi connectivity index (χ2n) is 3.54. The van der Waals surface area contributed by atoms with Gasteiger partial charge in [0.2, 0.25) is 0 Å². The summed E-state index contributed by atoms with van der Waals surface area (Å²) in [6, 6.07) is 0.